The molecule has 0 saturated carbocycles. The van der Waals surface area contributed by atoms with Crippen LogP contribution in [0.15, 0.2) is 48.5 Å². The minimum atomic E-state index is -1.04. The Balaban J connectivity index is 1.89. The van der Waals surface area contributed by atoms with E-state index in [1.54, 1.807) is 36.4 Å². The van der Waals surface area contributed by atoms with Crippen LogP contribution < -0.4 is 32.5 Å². The second-order valence-corrected chi connectivity index (χ2v) is 7.10. The zero-order valence-electron chi connectivity index (χ0n) is 18.2. The monoisotopic (exact) mass is 456 g/mol. The van der Waals surface area contributed by atoms with Crippen molar-refractivity contribution in [3.05, 3.63) is 54.1 Å². The van der Waals surface area contributed by atoms with E-state index in [0.717, 1.165) is 11.1 Å². The number of hydrogen-bond acceptors (Lipinski definition) is 7. The first-order valence-corrected chi connectivity index (χ1v) is 10.2. The summed E-state index contributed by atoms with van der Waals surface area (Å²) in [6.07, 6.45) is 0. The van der Waals surface area contributed by atoms with E-state index in [1.807, 2.05) is 12.1 Å². The lowest BCUT2D eigenvalue weighted by atomic mass is 10.0. The Kier molecular flexibility index (Phi) is 9.96. The molecular weight excluding hydrogens is 428 g/mol. The molecule has 0 heterocycles. The van der Waals surface area contributed by atoms with Crippen LogP contribution in [0.25, 0.3) is 11.1 Å². The third-order valence-corrected chi connectivity index (χ3v) is 4.58. The zero-order valence-corrected chi connectivity index (χ0v) is 18.2. The van der Waals surface area contributed by atoms with Gasteiger partial charge < -0.3 is 27.0 Å². The molecule has 0 spiro atoms. The van der Waals surface area contributed by atoms with E-state index in [2.05, 4.69) is 21.3 Å². The first-order valence-electron chi connectivity index (χ1n) is 10.2. The predicted molar refractivity (Wildman–Crippen MR) is 122 cm³/mol. The van der Waals surface area contributed by atoms with Crippen molar-refractivity contribution >= 4 is 29.3 Å². The van der Waals surface area contributed by atoms with Gasteiger partial charge in [-0.25, -0.2) is 5.48 Å². The second kappa shape index (κ2) is 12.9. The van der Waals surface area contributed by atoms with Crippen LogP contribution in [-0.4, -0.2) is 61.1 Å². The smallest absolute Gasteiger partial charge is 0.267 e. The topological polar surface area (TPSA) is 175 Å². The highest BCUT2D eigenvalue weighted by molar-refractivity contribution is 5.98. The first kappa shape index (κ1) is 25.5. The van der Waals surface area contributed by atoms with Gasteiger partial charge in [-0.3, -0.25) is 24.4 Å². The van der Waals surface area contributed by atoms with Crippen molar-refractivity contribution in [2.24, 2.45) is 5.73 Å². The molecule has 0 aliphatic rings. The van der Waals surface area contributed by atoms with Crippen molar-refractivity contribution < 1.29 is 24.4 Å². The van der Waals surface area contributed by atoms with Gasteiger partial charge in [0.15, 0.2) is 0 Å². The van der Waals surface area contributed by atoms with Crippen LogP contribution >= 0.6 is 0 Å². The van der Waals surface area contributed by atoms with Crippen LogP contribution in [0.4, 0.5) is 5.69 Å². The maximum atomic E-state index is 12.3. The van der Waals surface area contributed by atoms with Gasteiger partial charge in [-0.2, -0.15) is 0 Å². The molecule has 11 nitrogen and oxygen atoms in total. The molecule has 0 bridgehead atoms. The van der Waals surface area contributed by atoms with Gasteiger partial charge in [0.25, 0.3) is 11.8 Å². The Bertz CT molecular complexity index is 962. The number of rotatable bonds is 11. The molecule has 33 heavy (non-hydrogen) atoms. The Morgan fingerprint density at radius 1 is 0.939 bits per heavy atom. The molecule has 2 rings (SSSR count). The van der Waals surface area contributed by atoms with Gasteiger partial charge in [-0.1, -0.05) is 24.3 Å². The largest absolute Gasteiger partial charge is 0.355 e. The van der Waals surface area contributed by atoms with Crippen LogP contribution in [0.5, 0.6) is 0 Å². The van der Waals surface area contributed by atoms with Gasteiger partial charge in [-0.15, -0.1) is 0 Å². The normalized spacial score (nSPS) is 11.2. The average molecular weight is 457 g/mol. The van der Waals surface area contributed by atoms with Gasteiger partial charge >= 0.3 is 0 Å². The maximum absolute atomic E-state index is 12.3. The molecule has 0 aliphatic carbocycles. The fourth-order valence-electron chi connectivity index (χ4n) is 2.85. The van der Waals surface area contributed by atoms with E-state index in [9.17, 15) is 19.2 Å². The van der Waals surface area contributed by atoms with Gasteiger partial charge in [0.2, 0.25) is 11.8 Å². The minimum Gasteiger partial charge on any atom is -0.355 e. The lowest BCUT2D eigenvalue weighted by Crippen LogP contribution is -2.50. The number of nitrogens with two attached hydrogens (primary N) is 1. The predicted octanol–water partition coefficient (Wildman–Crippen LogP) is -0.420. The number of hydrogen-bond donors (Lipinski definition) is 7. The van der Waals surface area contributed by atoms with Crippen molar-refractivity contribution in [2.45, 2.75) is 13.0 Å². The van der Waals surface area contributed by atoms with Crippen LogP contribution in [0.1, 0.15) is 17.3 Å². The van der Waals surface area contributed by atoms with Crippen molar-refractivity contribution in [3.63, 3.8) is 0 Å². The molecule has 176 valence electrons. The summed E-state index contributed by atoms with van der Waals surface area (Å²) in [7, 11) is 0. The molecule has 0 unspecified atom stereocenters. The summed E-state index contributed by atoms with van der Waals surface area (Å²) >= 11 is 0. The second-order valence-electron chi connectivity index (χ2n) is 7.10. The van der Waals surface area contributed by atoms with Crippen molar-refractivity contribution in [1.29, 1.82) is 0 Å². The van der Waals surface area contributed by atoms with Crippen LogP contribution in [0, 0.1) is 0 Å². The van der Waals surface area contributed by atoms with Gasteiger partial charge in [0, 0.05) is 37.8 Å². The molecule has 0 radical (unpaired) electrons. The summed E-state index contributed by atoms with van der Waals surface area (Å²) < 4.78 is 0. The number of carbonyl (C=O) groups excluding carboxylic acids is 4. The molecule has 4 amide bonds. The Labute approximate surface area is 191 Å². The number of nitrogens with one attached hydrogen (secondary N) is 5. The Hall–Kier alpha value is -3.80. The summed E-state index contributed by atoms with van der Waals surface area (Å²) in [6, 6.07) is 12.9. The minimum absolute atomic E-state index is 0.119. The van der Waals surface area contributed by atoms with Gasteiger partial charge in [-0.05, 0) is 35.4 Å². The standard InChI is InChI=1S/C22H28N6O5/c1-14(29)25-11-10-24-13-20(30)26-18-8-6-16(7-9-18)15-2-4-17(5-3-15)21(31)27-19(12-23)22(32)28-33/h2-9,19,24,33H,10-13,23H2,1H3,(H,25,29)(H,26,30)(H,27,31)(H,28,32)/t19-/m0/s1. The number of hydroxylamine groups is 1. The van der Waals surface area contributed by atoms with Crippen molar-refractivity contribution in [3.8, 4) is 11.1 Å². The van der Waals surface area contributed by atoms with E-state index in [1.165, 1.54) is 12.4 Å². The molecule has 0 aliphatic heterocycles. The quantitative estimate of drug-likeness (QED) is 0.136. The van der Waals surface area contributed by atoms with Crippen LogP contribution in [-0.2, 0) is 14.4 Å². The molecule has 0 fully saturated rings. The zero-order chi connectivity index (χ0) is 24.2. The molecular formula is C22H28N6O5. The Morgan fingerprint density at radius 2 is 1.55 bits per heavy atom. The molecule has 0 aromatic heterocycles. The van der Waals surface area contributed by atoms with Crippen molar-refractivity contribution in [2.75, 3.05) is 31.5 Å². The summed E-state index contributed by atoms with van der Waals surface area (Å²) in [5, 5.41) is 19.5. The molecule has 8 N–H and O–H groups in total. The summed E-state index contributed by atoms with van der Waals surface area (Å²) in [5.74, 6) is -1.61. The number of anilines is 1. The number of benzene rings is 2. The van der Waals surface area contributed by atoms with Crippen LogP contribution in [0.3, 0.4) is 0 Å². The third-order valence-electron chi connectivity index (χ3n) is 4.58. The molecule has 1 atom stereocenters. The highest BCUT2D eigenvalue weighted by Gasteiger charge is 2.19. The highest BCUT2D eigenvalue weighted by atomic mass is 16.5. The van der Waals surface area contributed by atoms with E-state index in [-0.39, 0.29) is 24.9 Å². The lowest BCUT2D eigenvalue weighted by Gasteiger charge is -2.14. The fourth-order valence-corrected chi connectivity index (χ4v) is 2.85. The van der Waals surface area contributed by atoms with E-state index < -0.39 is 17.9 Å². The van der Waals surface area contributed by atoms with E-state index in [0.29, 0.717) is 24.3 Å². The highest BCUT2D eigenvalue weighted by Crippen LogP contribution is 2.22. The maximum Gasteiger partial charge on any atom is 0.267 e. The number of amides is 4. The Morgan fingerprint density at radius 3 is 2.09 bits per heavy atom. The lowest BCUT2D eigenvalue weighted by molar-refractivity contribution is -0.131. The molecule has 2 aromatic rings. The summed E-state index contributed by atoms with van der Waals surface area (Å²) in [5.41, 5.74) is 9.60. The van der Waals surface area contributed by atoms with Gasteiger partial charge in [0.1, 0.15) is 6.04 Å². The number of carbonyl (C=O) groups is 4. The summed E-state index contributed by atoms with van der Waals surface area (Å²) in [6.45, 7) is 2.33. The van der Waals surface area contributed by atoms with Crippen LogP contribution in [0.2, 0.25) is 0 Å². The van der Waals surface area contributed by atoms with Gasteiger partial charge in [0.05, 0.1) is 6.54 Å². The van der Waals surface area contributed by atoms with Crippen molar-refractivity contribution in [1.82, 2.24) is 21.4 Å². The molecule has 11 heteroatoms. The van der Waals surface area contributed by atoms with E-state index >= 15 is 0 Å². The fraction of sp³-hybridized carbons (Fsp3) is 0.273. The SMILES string of the molecule is CC(=O)NCCNCC(=O)Nc1ccc(-c2ccc(C(=O)N[C@@H](CN)C(=O)NO)cc2)cc1. The third kappa shape index (κ3) is 8.33. The average Bonchev–Trinajstić information content (AvgIpc) is 2.82. The van der Waals surface area contributed by atoms with E-state index in [4.69, 9.17) is 10.9 Å². The molecule has 2 aromatic carbocycles. The molecule has 0 saturated heterocycles. The summed E-state index contributed by atoms with van der Waals surface area (Å²) in [4.78, 5) is 46.5. The first-order chi connectivity index (χ1) is 15.8.